The zero-order valence-corrected chi connectivity index (χ0v) is 9.54. The highest BCUT2D eigenvalue weighted by Gasteiger charge is 2.05. The fourth-order valence-corrected chi connectivity index (χ4v) is 1.72. The minimum atomic E-state index is 0.494. The average molecular weight is 237 g/mol. The lowest BCUT2D eigenvalue weighted by molar-refractivity contribution is 0.788. The third kappa shape index (κ3) is 2.23. The van der Waals surface area contributed by atoms with Gasteiger partial charge < -0.3 is 11.5 Å². The molecule has 0 radical (unpaired) electrons. The van der Waals surface area contributed by atoms with Crippen LogP contribution in [-0.4, -0.2) is 16.5 Å². The minimum Gasteiger partial charge on any atom is -0.383 e. The Morgan fingerprint density at radius 1 is 1.25 bits per heavy atom. The fraction of sp³-hybridized carbons (Fsp3) is 0.273. The number of nitrogen functional groups attached to an aromatic ring is 1. The first kappa shape index (κ1) is 11.1. The van der Waals surface area contributed by atoms with Gasteiger partial charge in [-0.1, -0.05) is 11.6 Å². The molecule has 0 saturated heterocycles. The predicted molar refractivity (Wildman–Crippen MR) is 66.3 cm³/mol. The Labute approximate surface area is 98.6 Å². The summed E-state index contributed by atoms with van der Waals surface area (Å²) in [6, 6.07) is 5.41. The lowest BCUT2D eigenvalue weighted by Crippen LogP contribution is -2.05. The summed E-state index contributed by atoms with van der Waals surface area (Å²) in [5.41, 5.74) is 12.1. The summed E-state index contributed by atoms with van der Waals surface area (Å²) in [7, 11) is 0. The number of nitrogens with two attached hydrogens (primary N) is 2. The predicted octanol–water partition coefficient (Wildman–Crippen LogP) is 1.76. The molecule has 16 heavy (non-hydrogen) atoms. The number of benzene rings is 1. The van der Waals surface area contributed by atoms with Gasteiger partial charge in [0.05, 0.1) is 5.52 Å². The van der Waals surface area contributed by atoms with Crippen molar-refractivity contribution in [3.63, 3.8) is 0 Å². The maximum atomic E-state index is 5.91. The highest BCUT2D eigenvalue weighted by Crippen LogP contribution is 2.21. The van der Waals surface area contributed by atoms with E-state index in [2.05, 4.69) is 9.97 Å². The van der Waals surface area contributed by atoms with Gasteiger partial charge in [0.1, 0.15) is 11.6 Å². The van der Waals surface area contributed by atoms with E-state index in [4.69, 9.17) is 23.1 Å². The summed E-state index contributed by atoms with van der Waals surface area (Å²) in [5, 5.41) is 1.48. The van der Waals surface area contributed by atoms with Crippen molar-refractivity contribution in [3.8, 4) is 0 Å². The van der Waals surface area contributed by atoms with Gasteiger partial charge in [-0.2, -0.15) is 0 Å². The number of hydrogen-bond donors (Lipinski definition) is 2. The van der Waals surface area contributed by atoms with Crippen LogP contribution in [-0.2, 0) is 6.42 Å². The molecule has 0 spiro atoms. The fourth-order valence-electron chi connectivity index (χ4n) is 1.55. The molecule has 0 fully saturated rings. The van der Waals surface area contributed by atoms with Gasteiger partial charge in [0.2, 0.25) is 0 Å². The van der Waals surface area contributed by atoms with Gasteiger partial charge >= 0.3 is 0 Å². The second kappa shape index (κ2) is 4.63. The zero-order valence-electron chi connectivity index (χ0n) is 8.78. The van der Waals surface area contributed by atoms with Crippen molar-refractivity contribution in [3.05, 3.63) is 29.0 Å². The topological polar surface area (TPSA) is 77.8 Å². The Morgan fingerprint density at radius 2 is 2.06 bits per heavy atom. The molecule has 0 amide bonds. The molecule has 4 N–H and O–H groups in total. The van der Waals surface area contributed by atoms with Crippen molar-refractivity contribution in [2.24, 2.45) is 5.73 Å². The van der Waals surface area contributed by atoms with Gasteiger partial charge in [0.15, 0.2) is 0 Å². The number of anilines is 1. The van der Waals surface area contributed by atoms with Gasteiger partial charge in [-0.25, -0.2) is 9.97 Å². The Kier molecular flexibility index (Phi) is 3.22. The van der Waals surface area contributed by atoms with E-state index in [0.29, 0.717) is 17.4 Å². The van der Waals surface area contributed by atoms with E-state index in [-0.39, 0.29) is 0 Å². The monoisotopic (exact) mass is 236 g/mol. The van der Waals surface area contributed by atoms with Crippen molar-refractivity contribution in [1.82, 2.24) is 9.97 Å². The van der Waals surface area contributed by atoms with Crippen LogP contribution in [0.3, 0.4) is 0 Å². The third-order valence-corrected chi connectivity index (χ3v) is 2.57. The molecule has 0 aliphatic rings. The summed E-state index contributed by atoms with van der Waals surface area (Å²) in [6.45, 7) is 0.622. The highest BCUT2D eigenvalue weighted by atomic mass is 35.5. The number of hydrogen-bond acceptors (Lipinski definition) is 4. The standard InChI is InChI=1S/C11H13ClN4/c12-7-3-4-8-9(6-7)15-10(2-1-5-13)16-11(8)14/h3-4,6H,1-2,5,13H2,(H2,14,15,16). The maximum Gasteiger partial charge on any atom is 0.135 e. The van der Waals surface area contributed by atoms with E-state index < -0.39 is 0 Å². The number of nitrogens with zero attached hydrogens (tertiary/aromatic N) is 2. The first-order valence-electron chi connectivity index (χ1n) is 5.12. The molecule has 0 bridgehead atoms. The highest BCUT2D eigenvalue weighted by molar-refractivity contribution is 6.31. The summed E-state index contributed by atoms with van der Waals surface area (Å²) >= 11 is 5.91. The summed E-state index contributed by atoms with van der Waals surface area (Å²) in [5.74, 6) is 1.21. The van der Waals surface area contributed by atoms with Crippen molar-refractivity contribution >= 4 is 28.3 Å². The number of halogens is 1. The summed E-state index contributed by atoms with van der Waals surface area (Å²) in [4.78, 5) is 8.64. The molecule has 5 heteroatoms. The van der Waals surface area contributed by atoms with Crippen LogP contribution in [0.4, 0.5) is 5.82 Å². The summed E-state index contributed by atoms with van der Waals surface area (Å²) in [6.07, 6.45) is 1.59. The van der Waals surface area contributed by atoms with Gasteiger partial charge in [0, 0.05) is 16.8 Å². The van der Waals surface area contributed by atoms with Crippen LogP contribution in [0, 0.1) is 0 Å². The molecule has 0 unspecified atom stereocenters. The number of aromatic nitrogens is 2. The van der Waals surface area contributed by atoms with Crippen molar-refractivity contribution in [2.75, 3.05) is 12.3 Å². The van der Waals surface area contributed by atoms with Crippen LogP contribution >= 0.6 is 11.6 Å². The molecule has 0 atom stereocenters. The van der Waals surface area contributed by atoms with Gasteiger partial charge in [-0.3, -0.25) is 0 Å². The number of aryl methyl sites for hydroxylation is 1. The Morgan fingerprint density at radius 3 is 2.81 bits per heavy atom. The normalized spacial score (nSPS) is 10.9. The van der Waals surface area contributed by atoms with Crippen LogP contribution in [0.1, 0.15) is 12.2 Å². The number of rotatable bonds is 3. The quantitative estimate of drug-likeness (QED) is 0.851. The SMILES string of the molecule is NCCCc1nc(N)c2ccc(Cl)cc2n1. The molecule has 1 aromatic carbocycles. The lowest BCUT2D eigenvalue weighted by atomic mass is 10.2. The van der Waals surface area contributed by atoms with Gasteiger partial charge in [0.25, 0.3) is 0 Å². The maximum absolute atomic E-state index is 5.91. The molecule has 2 rings (SSSR count). The van der Waals surface area contributed by atoms with E-state index in [1.807, 2.05) is 6.07 Å². The van der Waals surface area contributed by atoms with Crippen molar-refractivity contribution in [1.29, 1.82) is 0 Å². The smallest absolute Gasteiger partial charge is 0.135 e. The minimum absolute atomic E-state index is 0.494. The molecule has 84 valence electrons. The second-order valence-corrected chi connectivity index (χ2v) is 4.02. The Bertz CT molecular complexity index is 513. The van der Waals surface area contributed by atoms with E-state index in [1.165, 1.54) is 0 Å². The average Bonchev–Trinajstić information content (AvgIpc) is 2.25. The number of fused-ring (bicyclic) bond motifs is 1. The molecular formula is C11H13ClN4. The zero-order chi connectivity index (χ0) is 11.5. The largest absolute Gasteiger partial charge is 0.383 e. The molecule has 1 heterocycles. The van der Waals surface area contributed by atoms with E-state index >= 15 is 0 Å². The molecule has 4 nitrogen and oxygen atoms in total. The van der Waals surface area contributed by atoms with Gasteiger partial charge in [-0.15, -0.1) is 0 Å². The van der Waals surface area contributed by atoms with Crippen molar-refractivity contribution in [2.45, 2.75) is 12.8 Å². The third-order valence-electron chi connectivity index (χ3n) is 2.34. The van der Waals surface area contributed by atoms with Gasteiger partial charge in [-0.05, 0) is 31.2 Å². The van der Waals surface area contributed by atoms with E-state index in [9.17, 15) is 0 Å². The first-order valence-corrected chi connectivity index (χ1v) is 5.50. The Balaban J connectivity index is 2.47. The lowest BCUT2D eigenvalue weighted by Gasteiger charge is -2.05. The van der Waals surface area contributed by atoms with Crippen LogP contribution in [0.5, 0.6) is 0 Å². The molecule has 0 saturated carbocycles. The van der Waals surface area contributed by atoms with Crippen molar-refractivity contribution < 1.29 is 0 Å². The molecular weight excluding hydrogens is 224 g/mol. The molecule has 2 aromatic rings. The van der Waals surface area contributed by atoms with Crippen LogP contribution < -0.4 is 11.5 Å². The van der Waals surface area contributed by atoms with E-state index in [1.54, 1.807) is 12.1 Å². The molecule has 0 aliphatic heterocycles. The second-order valence-electron chi connectivity index (χ2n) is 3.58. The summed E-state index contributed by atoms with van der Waals surface area (Å²) < 4.78 is 0. The molecule has 1 aromatic heterocycles. The van der Waals surface area contributed by atoms with Crippen LogP contribution in [0.25, 0.3) is 10.9 Å². The van der Waals surface area contributed by atoms with Crippen LogP contribution in [0.15, 0.2) is 18.2 Å². The molecule has 0 aliphatic carbocycles. The first-order chi connectivity index (χ1) is 7.70. The van der Waals surface area contributed by atoms with Crippen LogP contribution in [0.2, 0.25) is 5.02 Å². The Hall–Kier alpha value is -1.39. The van der Waals surface area contributed by atoms with E-state index in [0.717, 1.165) is 29.6 Å².